The van der Waals surface area contributed by atoms with Crippen molar-refractivity contribution < 1.29 is 0 Å². The molecule has 4 atom stereocenters. The quantitative estimate of drug-likeness (QED) is 0.559. The van der Waals surface area contributed by atoms with Gasteiger partial charge in [0.1, 0.15) is 0 Å². The first kappa shape index (κ1) is 18.0. The van der Waals surface area contributed by atoms with E-state index in [4.69, 9.17) is 11.5 Å². The summed E-state index contributed by atoms with van der Waals surface area (Å²) < 4.78 is 0. The molecule has 0 heterocycles. The van der Waals surface area contributed by atoms with Crippen LogP contribution in [0, 0.1) is 11.8 Å². The predicted octanol–water partition coefficient (Wildman–Crippen LogP) is 4.92. The summed E-state index contributed by atoms with van der Waals surface area (Å²) in [5.41, 5.74) is 16.6. The minimum atomic E-state index is -0.0482. The summed E-state index contributed by atoms with van der Waals surface area (Å²) in [7, 11) is 0. The zero-order chi connectivity index (χ0) is 16.2. The zero-order valence-corrected chi connectivity index (χ0v) is 15.2. The summed E-state index contributed by atoms with van der Waals surface area (Å²) in [6, 6.07) is 0.212. The van der Waals surface area contributed by atoms with Gasteiger partial charge in [-0.25, -0.2) is 0 Å². The molecule has 0 aliphatic heterocycles. The van der Waals surface area contributed by atoms with Gasteiger partial charge in [0, 0.05) is 11.6 Å². The molecule has 0 saturated heterocycles. The van der Waals surface area contributed by atoms with Gasteiger partial charge < -0.3 is 11.5 Å². The van der Waals surface area contributed by atoms with Crippen LogP contribution in [0.4, 0.5) is 0 Å². The van der Waals surface area contributed by atoms with Crippen LogP contribution in [-0.2, 0) is 0 Å². The second kappa shape index (κ2) is 7.97. The van der Waals surface area contributed by atoms with Crippen molar-refractivity contribution in [2.45, 2.75) is 103 Å². The molecule has 0 bridgehead atoms. The standard InChI is InChI=1S/C20H38N2/c1-4-17-10-7-8-11-18(17)16(3)19-12-6-5-9-13-20(19,22)14-15(2)21/h15-16,19H,4-14,21-22H2,1-3H3. The second-order valence-corrected chi connectivity index (χ2v) is 8.10. The van der Waals surface area contributed by atoms with Crippen LogP contribution in [0.25, 0.3) is 0 Å². The molecule has 4 N–H and O–H groups in total. The van der Waals surface area contributed by atoms with Gasteiger partial charge in [0.05, 0.1) is 0 Å². The van der Waals surface area contributed by atoms with Crippen molar-refractivity contribution >= 4 is 0 Å². The van der Waals surface area contributed by atoms with E-state index in [2.05, 4.69) is 20.8 Å². The third-order valence-electron chi connectivity index (χ3n) is 6.31. The van der Waals surface area contributed by atoms with Crippen LogP contribution in [0.2, 0.25) is 0 Å². The summed E-state index contributed by atoms with van der Waals surface area (Å²) in [5.74, 6) is 1.27. The average Bonchev–Trinajstić information content (AvgIpc) is 2.67. The Kier molecular flexibility index (Phi) is 6.52. The highest BCUT2D eigenvalue weighted by atomic mass is 14.8. The lowest BCUT2D eigenvalue weighted by atomic mass is 9.66. The average molecular weight is 307 g/mol. The van der Waals surface area contributed by atoms with Gasteiger partial charge in [-0.1, -0.05) is 44.3 Å². The molecule has 0 radical (unpaired) electrons. The highest BCUT2D eigenvalue weighted by molar-refractivity contribution is 5.21. The molecule has 1 saturated carbocycles. The maximum Gasteiger partial charge on any atom is 0.0203 e. The Morgan fingerprint density at radius 1 is 1.09 bits per heavy atom. The van der Waals surface area contributed by atoms with Crippen LogP contribution in [0.1, 0.15) is 91.4 Å². The molecule has 128 valence electrons. The Morgan fingerprint density at radius 3 is 2.50 bits per heavy atom. The van der Waals surface area contributed by atoms with Gasteiger partial charge in [0.2, 0.25) is 0 Å². The Hall–Kier alpha value is -0.340. The lowest BCUT2D eigenvalue weighted by Crippen LogP contribution is -2.52. The molecule has 0 amide bonds. The lowest BCUT2D eigenvalue weighted by molar-refractivity contribution is 0.176. The van der Waals surface area contributed by atoms with Gasteiger partial charge in [0.15, 0.2) is 0 Å². The Bertz CT molecular complexity index is 385. The van der Waals surface area contributed by atoms with Gasteiger partial charge in [0.25, 0.3) is 0 Å². The topological polar surface area (TPSA) is 52.0 Å². The monoisotopic (exact) mass is 306 g/mol. The first-order valence-electron chi connectivity index (χ1n) is 9.73. The molecular weight excluding hydrogens is 268 g/mol. The van der Waals surface area contributed by atoms with Crippen molar-refractivity contribution in [1.82, 2.24) is 0 Å². The number of rotatable bonds is 5. The molecule has 22 heavy (non-hydrogen) atoms. The minimum Gasteiger partial charge on any atom is -0.328 e. The highest BCUT2D eigenvalue weighted by Gasteiger charge is 2.40. The van der Waals surface area contributed by atoms with E-state index in [0.717, 1.165) is 12.8 Å². The zero-order valence-electron chi connectivity index (χ0n) is 15.2. The molecule has 0 spiro atoms. The van der Waals surface area contributed by atoms with Gasteiger partial charge in [-0.15, -0.1) is 0 Å². The summed E-state index contributed by atoms with van der Waals surface area (Å²) >= 11 is 0. The fraction of sp³-hybridized carbons (Fsp3) is 0.900. The molecule has 0 aromatic heterocycles. The van der Waals surface area contributed by atoms with Crippen LogP contribution < -0.4 is 11.5 Å². The Morgan fingerprint density at radius 2 is 1.82 bits per heavy atom. The van der Waals surface area contributed by atoms with Crippen molar-refractivity contribution in [1.29, 1.82) is 0 Å². The molecule has 0 aromatic rings. The maximum atomic E-state index is 7.00. The predicted molar refractivity (Wildman–Crippen MR) is 96.7 cm³/mol. The van der Waals surface area contributed by atoms with E-state index in [9.17, 15) is 0 Å². The van der Waals surface area contributed by atoms with Crippen molar-refractivity contribution in [2.75, 3.05) is 0 Å². The van der Waals surface area contributed by atoms with Gasteiger partial charge >= 0.3 is 0 Å². The first-order valence-corrected chi connectivity index (χ1v) is 9.73. The van der Waals surface area contributed by atoms with Crippen LogP contribution in [-0.4, -0.2) is 11.6 Å². The van der Waals surface area contributed by atoms with E-state index in [0.29, 0.717) is 11.8 Å². The molecule has 0 aromatic carbocycles. The molecular formula is C20H38N2. The number of nitrogens with two attached hydrogens (primary N) is 2. The van der Waals surface area contributed by atoms with Crippen LogP contribution >= 0.6 is 0 Å². The second-order valence-electron chi connectivity index (χ2n) is 8.10. The summed E-state index contributed by atoms with van der Waals surface area (Å²) in [6.07, 6.45) is 14.1. The maximum absolute atomic E-state index is 7.00. The van der Waals surface area contributed by atoms with E-state index in [1.807, 2.05) is 0 Å². The van der Waals surface area contributed by atoms with Gasteiger partial charge in [-0.3, -0.25) is 0 Å². The third kappa shape index (κ3) is 4.14. The van der Waals surface area contributed by atoms with Crippen molar-refractivity contribution in [2.24, 2.45) is 23.3 Å². The molecule has 2 nitrogen and oxygen atoms in total. The summed E-state index contributed by atoms with van der Waals surface area (Å²) in [6.45, 7) is 6.92. The van der Waals surface area contributed by atoms with Crippen LogP contribution in [0.3, 0.4) is 0 Å². The SMILES string of the molecule is CCC1=C(C(C)C2CCCCCC2(N)CC(C)N)CCCC1. The molecule has 1 fully saturated rings. The number of hydrogen-bond donors (Lipinski definition) is 2. The fourth-order valence-electron chi connectivity index (χ4n) is 5.26. The van der Waals surface area contributed by atoms with Crippen LogP contribution in [0.15, 0.2) is 11.1 Å². The van der Waals surface area contributed by atoms with Crippen LogP contribution in [0.5, 0.6) is 0 Å². The molecule has 2 heteroatoms. The largest absolute Gasteiger partial charge is 0.328 e. The van der Waals surface area contributed by atoms with Crippen molar-refractivity contribution in [3.05, 3.63) is 11.1 Å². The normalized spacial score (nSPS) is 33.4. The third-order valence-corrected chi connectivity index (χ3v) is 6.31. The first-order chi connectivity index (χ1) is 10.5. The molecule has 2 aliphatic carbocycles. The minimum absolute atomic E-state index is 0.0482. The molecule has 2 aliphatic rings. The summed E-state index contributed by atoms with van der Waals surface area (Å²) in [5, 5.41) is 0. The highest BCUT2D eigenvalue weighted by Crippen LogP contribution is 2.44. The van der Waals surface area contributed by atoms with Crippen molar-refractivity contribution in [3.63, 3.8) is 0 Å². The van der Waals surface area contributed by atoms with E-state index >= 15 is 0 Å². The van der Waals surface area contributed by atoms with Gasteiger partial charge in [-0.2, -0.15) is 0 Å². The van der Waals surface area contributed by atoms with E-state index in [1.54, 1.807) is 11.1 Å². The smallest absolute Gasteiger partial charge is 0.0203 e. The Labute approximate surface area is 138 Å². The number of hydrogen-bond acceptors (Lipinski definition) is 2. The van der Waals surface area contributed by atoms with E-state index < -0.39 is 0 Å². The van der Waals surface area contributed by atoms with Gasteiger partial charge in [-0.05, 0) is 70.1 Å². The van der Waals surface area contributed by atoms with E-state index in [1.165, 1.54) is 57.8 Å². The molecule has 2 rings (SSSR count). The van der Waals surface area contributed by atoms with Crippen molar-refractivity contribution in [3.8, 4) is 0 Å². The Balaban J connectivity index is 2.26. The fourth-order valence-corrected chi connectivity index (χ4v) is 5.26. The van der Waals surface area contributed by atoms with E-state index in [-0.39, 0.29) is 11.6 Å². The number of allylic oxidation sites excluding steroid dienone is 2. The molecule has 4 unspecified atom stereocenters. The summed E-state index contributed by atoms with van der Waals surface area (Å²) in [4.78, 5) is 0. The lowest BCUT2D eigenvalue weighted by Gasteiger charge is -2.43.